The van der Waals surface area contributed by atoms with E-state index in [1.165, 1.54) is 5.56 Å². The molecule has 0 fully saturated rings. The van der Waals surface area contributed by atoms with Gasteiger partial charge in [0.1, 0.15) is 11.5 Å². The number of halogens is 2. The minimum absolute atomic E-state index is 0.450. The Morgan fingerprint density at radius 1 is 1.16 bits per heavy atom. The van der Waals surface area contributed by atoms with Gasteiger partial charge in [-0.3, -0.25) is 0 Å². The quantitative estimate of drug-likeness (QED) is 0.773. The molecule has 0 amide bonds. The lowest BCUT2D eigenvalue weighted by Crippen LogP contribution is -2.21. The molecule has 0 saturated heterocycles. The van der Waals surface area contributed by atoms with Crippen molar-refractivity contribution in [2.45, 2.75) is 33.4 Å². The normalized spacial score (nSPS) is 11.3. The maximum Gasteiger partial charge on any atom is 0.136 e. The van der Waals surface area contributed by atoms with Gasteiger partial charge in [0.2, 0.25) is 0 Å². The number of hydrogen-bond acceptors (Lipinski definition) is 2. The number of benzene rings is 1. The summed E-state index contributed by atoms with van der Waals surface area (Å²) < 4.78 is 7.98. The van der Waals surface area contributed by atoms with Crippen molar-refractivity contribution < 1.29 is 4.42 Å². The molecule has 0 unspecified atom stereocenters. The monoisotopic (exact) mass is 385 g/mol. The molecule has 19 heavy (non-hydrogen) atoms. The lowest BCUT2D eigenvalue weighted by molar-refractivity contribution is 0.473. The van der Waals surface area contributed by atoms with Crippen LogP contribution in [0.2, 0.25) is 0 Å². The first kappa shape index (κ1) is 14.8. The molecular weight excluding hydrogens is 370 g/mol. The van der Waals surface area contributed by atoms with Gasteiger partial charge in [-0.05, 0) is 68.6 Å². The fourth-order valence-electron chi connectivity index (χ4n) is 1.85. The summed E-state index contributed by atoms with van der Waals surface area (Å²) in [4.78, 5) is 0. The van der Waals surface area contributed by atoms with Gasteiger partial charge in [-0.25, -0.2) is 0 Å². The zero-order valence-electron chi connectivity index (χ0n) is 11.3. The summed E-state index contributed by atoms with van der Waals surface area (Å²) in [6, 6.07) is 8.66. The zero-order chi connectivity index (χ0) is 14.0. The van der Waals surface area contributed by atoms with Gasteiger partial charge in [0.15, 0.2) is 0 Å². The van der Waals surface area contributed by atoms with E-state index in [1.54, 1.807) is 0 Å². The summed E-state index contributed by atoms with van der Waals surface area (Å²) in [5.74, 6) is 1.82. The van der Waals surface area contributed by atoms with Gasteiger partial charge in [-0.2, -0.15) is 0 Å². The molecule has 0 atom stereocenters. The van der Waals surface area contributed by atoms with Gasteiger partial charge in [0.05, 0.1) is 6.54 Å². The van der Waals surface area contributed by atoms with Crippen molar-refractivity contribution in [3.63, 3.8) is 0 Å². The summed E-state index contributed by atoms with van der Waals surface area (Å²) in [6.45, 7) is 7.06. The van der Waals surface area contributed by atoms with Crippen molar-refractivity contribution >= 4 is 31.9 Å². The molecule has 0 aliphatic heterocycles. The molecule has 2 nitrogen and oxygen atoms in total. The number of aryl methyl sites for hydroxylation is 1. The lowest BCUT2D eigenvalue weighted by Gasteiger charge is -2.07. The van der Waals surface area contributed by atoms with Crippen LogP contribution in [0.25, 0.3) is 11.3 Å². The fraction of sp³-hybridized carbons (Fsp3) is 0.333. The fourth-order valence-corrected chi connectivity index (χ4v) is 3.65. The third kappa shape index (κ3) is 3.71. The highest BCUT2D eigenvalue weighted by Crippen LogP contribution is 2.37. The van der Waals surface area contributed by atoms with Crippen molar-refractivity contribution in [3.8, 4) is 11.3 Å². The van der Waals surface area contributed by atoms with Crippen LogP contribution in [0.3, 0.4) is 0 Å². The molecule has 2 rings (SSSR count). The smallest absolute Gasteiger partial charge is 0.136 e. The molecule has 2 aromatic rings. The van der Waals surface area contributed by atoms with Gasteiger partial charge in [0, 0.05) is 20.6 Å². The predicted molar refractivity (Wildman–Crippen MR) is 86.3 cm³/mol. The van der Waals surface area contributed by atoms with Gasteiger partial charge in [0.25, 0.3) is 0 Å². The topological polar surface area (TPSA) is 25.2 Å². The van der Waals surface area contributed by atoms with E-state index in [1.807, 2.05) is 12.1 Å². The number of hydrogen-bond donors (Lipinski definition) is 1. The summed E-state index contributed by atoms with van der Waals surface area (Å²) in [5, 5.41) is 3.35. The van der Waals surface area contributed by atoms with E-state index in [2.05, 4.69) is 70.1 Å². The molecule has 0 radical (unpaired) electrons. The Morgan fingerprint density at radius 2 is 1.79 bits per heavy atom. The summed E-state index contributed by atoms with van der Waals surface area (Å²) in [6.07, 6.45) is 0. The maximum atomic E-state index is 5.90. The summed E-state index contributed by atoms with van der Waals surface area (Å²) in [5.41, 5.74) is 2.26. The van der Waals surface area contributed by atoms with Crippen LogP contribution >= 0.6 is 31.9 Å². The Kier molecular flexibility index (Phi) is 4.87. The van der Waals surface area contributed by atoms with Crippen molar-refractivity contribution in [1.29, 1.82) is 0 Å². The van der Waals surface area contributed by atoms with Gasteiger partial charge in [-0.1, -0.05) is 13.8 Å². The van der Waals surface area contributed by atoms with E-state index < -0.39 is 0 Å². The van der Waals surface area contributed by atoms with Crippen LogP contribution in [-0.2, 0) is 6.54 Å². The third-order valence-electron chi connectivity index (χ3n) is 2.78. The highest BCUT2D eigenvalue weighted by molar-refractivity contribution is 9.11. The highest BCUT2D eigenvalue weighted by Gasteiger charge is 2.13. The predicted octanol–water partition coefficient (Wildman–Crippen LogP) is 5.28. The number of rotatable bonds is 4. The first-order valence-corrected chi connectivity index (χ1v) is 7.84. The van der Waals surface area contributed by atoms with E-state index in [0.29, 0.717) is 6.04 Å². The Morgan fingerprint density at radius 3 is 2.37 bits per heavy atom. The average molecular weight is 387 g/mol. The first-order valence-electron chi connectivity index (χ1n) is 6.25. The zero-order valence-corrected chi connectivity index (χ0v) is 14.4. The van der Waals surface area contributed by atoms with Crippen molar-refractivity contribution in [2.75, 3.05) is 0 Å². The molecule has 1 heterocycles. The standard InChI is InChI=1S/C15H17Br2NO/c1-9(2)18-8-11-4-5-14(19-11)15-12(16)6-10(3)7-13(15)17/h4-7,9,18H,8H2,1-3H3. The van der Waals surface area contributed by atoms with E-state index >= 15 is 0 Å². The average Bonchev–Trinajstić information content (AvgIpc) is 2.73. The van der Waals surface area contributed by atoms with Crippen molar-refractivity contribution in [3.05, 3.63) is 44.5 Å². The molecule has 1 aromatic heterocycles. The summed E-state index contributed by atoms with van der Waals surface area (Å²) >= 11 is 7.20. The molecule has 0 saturated carbocycles. The van der Waals surface area contributed by atoms with E-state index in [9.17, 15) is 0 Å². The van der Waals surface area contributed by atoms with Crippen LogP contribution in [-0.4, -0.2) is 6.04 Å². The molecule has 1 aromatic carbocycles. The number of nitrogens with one attached hydrogen (secondary N) is 1. The molecule has 0 spiro atoms. The van der Waals surface area contributed by atoms with Crippen molar-refractivity contribution in [1.82, 2.24) is 5.32 Å². The summed E-state index contributed by atoms with van der Waals surface area (Å²) in [7, 11) is 0. The highest BCUT2D eigenvalue weighted by atomic mass is 79.9. The minimum Gasteiger partial charge on any atom is -0.460 e. The largest absolute Gasteiger partial charge is 0.460 e. The second kappa shape index (κ2) is 6.25. The second-order valence-corrected chi connectivity index (χ2v) is 6.61. The molecule has 1 N–H and O–H groups in total. The molecule has 4 heteroatoms. The third-order valence-corrected chi connectivity index (χ3v) is 4.03. The molecular formula is C15H17Br2NO. The maximum absolute atomic E-state index is 5.90. The van der Waals surface area contributed by atoms with Crippen LogP contribution in [0.4, 0.5) is 0 Å². The SMILES string of the molecule is Cc1cc(Br)c(-c2ccc(CNC(C)C)o2)c(Br)c1. The van der Waals surface area contributed by atoms with Gasteiger partial charge < -0.3 is 9.73 Å². The molecule has 0 aliphatic carbocycles. The number of furan rings is 1. The Hall–Kier alpha value is -0.580. The van der Waals surface area contributed by atoms with Crippen LogP contribution in [0.5, 0.6) is 0 Å². The Bertz CT molecular complexity index is 552. The van der Waals surface area contributed by atoms with E-state index in [0.717, 1.165) is 32.6 Å². The van der Waals surface area contributed by atoms with E-state index in [-0.39, 0.29) is 0 Å². The molecule has 0 aliphatic rings. The minimum atomic E-state index is 0.450. The van der Waals surface area contributed by atoms with Crippen LogP contribution in [0.15, 0.2) is 37.6 Å². The van der Waals surface area contributed by atoms with Crippen LogP contribution < -0.4 is 5.32 Å². The first-order chi connectivity index (χ1) is 8.97. The molecule has 0 bridgehead atoms. The van der Waals surface area contributed by atoms with Crippen LogP contribution in [0.1, 0.15) is 25.2 Å². The molecule has 102 valence electrons. The van der Waals surface area contributed by atoms with Gasteiger partial charge >= 0.3 is 0 Å². The lowest BCUT2D eigenvalue weighted by atomic mass is 10.1. The van der Waals surface area contributed by atoms with E-state index in [4.69, 9.17) is 4.42 Å². The van der Waals surface area contributed by atoms with Crippen molar-refractivity contribution in [2.24, 2.45) is 0 Å². The van der Waals surface area contributed by atoms with Crippen LogP contribution in [0, 0.1) is 6.92 Å². The Balaban J connectivity index is 2.28. The Labute approximate surface area is 130 Å². The van der Waals surface area contributed by atoms with Gasteiger partial charge in [-0.15, -0.1) is 0 Å². The second-order valence-electron chi connectivity index (χ2n) is 4.91.